The number of likely N-dealkylation sites (tertiary alicyclic amines) is 1. The Morgan fingerprint density at radius 1 is 1.24 bits per heavy atom. The molecular weight excluding hydrogens is 276 g/mol. The minimum absolute atomic E-state index is 0.194. The lowest BCUT2D eigenvalue weighted by Gasteiger charge is -2.33. The van der Waals surface area contributed by atoms with Gasteiger partial charge in [0, 0.05) is 6.42 Å². The summed E-state index contributed by atoms with van der Waals surface area (Å²) in [6, 6.07) is 0. The largest absolute Gasteiger partial charge is 0.481 e. The molecule has 7 heteroatoms. The summed E-state index contributed by atoms with van der Waals surface area (Å²) in [6.45, 7) is 6.82. The lowest BCUT2D eigenvalue weighted by atomic mass is 10.2. The van der Waals surface area contributed by atoms with E-state index in [9.17, 15) is 9.59 Å². The van der Waals surface area contributed by atoms with Crippen LogP contribution in [0.5, 0.6) is 0 Å². The number of aliphatic carboxylic acids is 1. The van der Waals surface area contributed by atoms with E-state index in [0.29, 0.717) is 26.1 Å². The van der Waals surface area contributed by atoms with E-state index in [0.717, 1.165) is 18.6 Å². The second-order valence-corrected chi connectivity index (χ2v) is 6.03. The number of amides is 1. The van der Waals surface area contributed by atoms with Crippen LogP contribution < -0.4 is 0 Å². The Hall–Kier alpha value is -1.79. The summed E-state index contributed by atoms with van der Waals surface area (Å²) in [7, 11) is 0. The summed E-state index contributed by atoms with van der Waals surface area (Å²) in [6.07, 6.45) is 2.09. The second kappa shape index (κ2) is 7.85. The molecule has 0 aliphatic carbocycles. The van der Waals surface area contributed by atoms with Crippen LogP contribution in [0, 0.1) is 0 Å². The molecule has 1 aliphatic rings. The van der Waals surface area contributed by atoms with Crippen molar-refractivity contribution in [3.05, 3.63) is 0 Å². The topological polar surface area (TPSA) is 88.4 Å². The van der Waals surface area contributed by atoms with Crippen molar-refractivity contribution in [1.82, 2.24) is 4.90 Å². The molecule has 7 nitrogen and oxygen atoms in total. The molecule has 1 saturated heterocycles. The summed E-state index contributed by atoms with van der Waals surface area (Å²) in [5, 5.41) is 12.4. The van der Waals surface area contributed by atoms with Gasteiger partial charge in [0.05, 0.1) is 18.8 Å². The zero-order valence-corrected chi connectivity index (χ0v) is 12.9. The molecule has 1 aliphatic heterocycles. The Morgan fingerprint density at radius 2 is 1.90 bits per heavy atom. The van der Waals surface area contributed by atoms with Gasteiger partial charge < -0.3 is 14.7 Å². The average Bonchev–Trinajstić information content (AvgIpc) is 2.26. The van der Waals surface area contributed by atoms with Crippen LogP contribution in [0.3, 0.4) is 0 Å². The molecule has 1 amide bonds. The summed E-state index contributed by atoms with van der Waals surface area (Å²) < 4.78 is 5.22. The Kier molecular flexibility index (Phi) is 6.45. The Balaban J connectivity index is 2.06. The van der Waals surface area contributed by atoms with Crippen LogP contribution in [-0.4, -0.2) is 53.1 Å². The molecule has 21 heavy (non-hydrogen) atoms. The summed E-state index contributed by atoms with van der Waals surface area (Å²) >= 11 is 0. The smallest absolute Gasteiger partial charge is 0.410 e. The average molecular weight is 300 g/mol. The van der Waals surface area contributed by atoms with Crippen molar-refractivity contribution >= 4 is 17.8 Å². The lowest BCUT2D eigenvalue weighted by molar-refractivity contribution is -0.137. The molecule has 0 atom stereocenters. The second-order valence-electron chi connectivity index (χ2n) is 6.03. The minimum Gasteiger partial charge on any atom is -0.481 e. The number of nitrogens with zero attached hydrogens (tertiary/aromatic N) is 2. The minimum atomic E-state index is -0.770. The number of carboxylic acids is 1. The number of unbranched alkanes of at least 4 members (excludes halogenated alkanes) is 2. The highest BCUT2D eigenvalue weighted by Gasteiger charge is 2.31. The molecule has 0 aromatic carbocycles. The first kappa shape index (κ1) is 17.3. The van der Waals surface area contributed by atoms with Crippen LogP contribution in [0.4, 0.5) is 4.79 Å². The lowest BCUT2D eigenvalue weighted by Crippen LogP contribution is -2.52. The SMILES string of the molecule is CC(C)(C)OC(=O)N1CC(=NOCCCCCC(=O)O)C1. The van der Waals surface area contributed by atoms with Gasteiger partial charge >= 0.3 is 12.1 Å². The van der Waals surface area contributed by atoms with Gasteiger partial charge in [0.15, 0.2) is 0 Å². The first-order valence-electron chi connectivity index (χ1n) is 7.15. The Bertz CT molecular complexity index is 393. The van der Waals surface area contributed by atoms with Crippen molar-refractivity contribution in [2.75, 3.05) is 19.7 Å². The predicted octanol–water partition coefficient (Wildman–Crippen LogP) is 2.25. The molecule has 0 spiro atoms. The van der Waals surface area contributed by atoms with Crippen molar-refractivity contribution in [3.8, 4) is 0 Å². The van der Waals surface area contributed by atoms with E-state index in [4.69, 9.17) is 14.7 Å². The van der Waals surface area contributed by atoms with Crippen molar-refractivity contribution in [3.63, 3.8) is 0 Å². The van der Waals surface area contributed by atoms with Crippen LogP contribution >= 0.6 is 0 Å². The van der Waals surface area contributed by atoms with Crippen molar-refractivity contribution in [1.29, 1.82) is 0 Å². The highest BCUT2D eigenvalue weighted by atomic mass is 16.6. The first-order valence-corrected chi connectivity index (χ1v) is 7.15. The molecular formula is C14H24N2O5. The maximum atomic E-state index is 11.6. The van der Waals surface area contributed by atoms with E-state index in [1.165, 1.54) is 0 Å². The number of carbonyl (C=O) groups is 2. The molecule has 0 unspecified atom stereocenters. The van der Waals surface area contributed by atoms with Crippen LogP contribution in [0.25, 0.3) is 0 Å². The van der Waals surface area contributed by atoms with Gasteiger partial charge in [-0.3, -0.25) is 9.69 Å². The monoisotopic (exact) mass is 300 g/mol. The summed E-state index contributed by atoms with van der Waals surface area (Å²) in [5.41, 5.74) is 0.322. The maximum Gasteiger partial charge on any atom is 0.410 e. The molecule has 1 rings (SSSR count). The molecule has 1 N–H and O–H groups in total. The predicted molar refractivity (Wildman–Crippen MR) is 77.3 cm³/mol. The van der Waals surface area contributed by atoms with E-state index in [1.807, 2.05) is 20.8 Å². The standard InChI is InChI=1S/C14H24N2O5/c1-14(2,3)21-13(19)16-9-11(10-16)15-20-8-6-4-5-7-12(17)18/h4-10H2,1-3H3,(H,17,18). The van der Waals surface area contributed by atoms with Crippen molar-refractivity contribution < 1.29 is 24.3 Å². The van der Waals surface area contributed by atoms with Crippen LogP contribution in [-0.2, 0) is 14.4 Å². The maximum absolute atomic E-state index is 11.6. The van der Waals surface area contributed by atoms with Crippen LogP contribution in [0.1, 0.15) is 46.5 Å². The fourth-order valence-electron chi connectivity index (χ4n) is 1.66. The number of carboxylic acid groups (broad SMARTS) is 1. The highest BCUT2D eigenvalue weighted by Crippen LogP contribution is 2.13. The van der Waals surface area contributed by atoms with Crippen molar-refractivity contribution in [2.24, 2.45) is 5.16 Å². The van der Waals surface area contributed by atoms with Gasteiger partial charge in [0.1, 0.15) is 12.2 Å². The number of carbonyl (C=O) groups excluding carboxylic acids is 1. The zero-order chi connectivity index (χ0) is 15.9. The third-order valence-electron chi connectivity index (χ3n) is 2.72. The molecule has 120 valence electrons. The van der Waals surface area contributed by atoms with Crippen LogP contribution in [0.15, 0.2) is 5.16 Å². The highest BCUT2D eigenvalue weighted by molar-refractivity contribution is 5.98. The van der Waals surface area contributed by atoms with Gasteiger partial charge in [-0.2, -0.15) is 0 Å². The van der Waals surface area contributed by atoms with E-state index in [-0.39, 0.29) is 12.5 Å². The van der Waals surface area contributed by atoms with Gasteiger partial charge in [0.25, 0.3) is 0 Å². The van der Waals surface area contributed by atoms with Gasteiger partial charge in [0.2, 0.25) is 0 Å². The quantitative estimate of drug-likeness (QED) is 0.575. The zero-order valence-electron chi connectivity index (χ0n) is 12.9. The van der Waals surface area contributed by atoms with E-state index < -0.39 is 11.6 Å². The fourth-order valence-corrected chi connectivity index (χ4v) is 1.66. The third kappa shape index (κ3) is 7.53. The van der Waals surface area contributed by atoms with E-state index in [2.05, 4.69) is 5.16 Å². The Morgan fingerprint density at radius 3 is 2.48 bits per heavy atom. The van der Waals surface area contributed by atoms with Gasteiger partial charge in [-0.15, -0.1) is 0 Å². The molecule has 0 bridgehead atoms. The molecule has 0 radical (unpaired) electrons. The summed E-state index contributed by atoms with van der Waals surface area (Å²) in [5.74, 6) is -0.770. The van der Waals surface area contributed by atoms with E-state index >= 15 is 0 Å². The third-order valence-corrected chi connectivity index (χ3v) is 2.72. The summed E-state index contributed by atoms with van der Waals surface area (Å²) in [4.78, 5) is 28.6. The van der Waals surface area contributed by atoms with Crippen LogP contribution in [0.2, 0.25) is 0 Å². The number of oxime groups is 1. The first-order chi connectivity index (χ1) is 9.78. The molecule has 1 fully saturated rings. The van der Waals surface area contributed by atoms with E-state index in [1.54, 1.807) is 4.90 Å². The normalized spacial score (nSPS) is 14.4. The fraction of sp³-hybridized carbons (Fsp3) is 0.786. The molecule has 1 heterocycles. The van der Waals surface area contributed by atoms with Crippen molar-refractivity contribution in [2.45, 2.75) is 52.1 Å². The molecule has 0 saturated carbocycles. The van der Waals surface area contributed by atoms with Gasteiger partial charge in [-0.1, -0.05) is 5.16 Å². The number of hydrogen-bond donors (Lipinski definition) is 1. The number of hydrogen-bond acceptors (Lipinski definition) is 5. The van der Waals surface area contributed by atoms with Gasteiger partial charge in [-0.05, 0) is 40.0 Å². The van der Waals surface area contributed by atoms with Gasteiger partial charge in [-0.25, -0.2) is 4.79 Å². The number of ether oxygens (including phenoxy) is 1. The molecule has 0 aromatic heterocycles. The Labute approximate surface area is 124 Å². The number of rotatable bonds is 7. The molecule has 0 aromatic rings.